The van der Waals surface area contributed by atoms with Crippen LogP contribution in [-0.4, -0.2) is 37.5 Å². The van der Waals surface area contributed by atoms with E-state index in [1.807, 2.05) is 13.8 Å². The van der Waals surface area contributed by atoms with Gasteiger partial charge in [-0.1, -0.05) is 25.4 Å². The summed E-state index contributed by atoms with van der Waals surface area (Å²) in [7, 11) is 1.54. The fraction of sp³-hybridized carbons (Fsp3) is 0.286. The molecule has 0 fully saturated rings. The van der Waals surface area contributed by atoms with Crippen molar-refractivity contribution in [3.05, 3.63) is 47.0 Å². The van der Waals surface area contributed by atoms with E-state index in [1.165, 1.54) is 12.1 Å². The molecule has 2 aromatic carbocycles. The van der Waals surface area contributed by atoms with Crippen LogP contribution in [0.4, 0.5) is 11.4 Å². The molecule has 0 bridgehead atoms. The molecule has 1 unspecified atom stereocenters. The van der Waals surface area contributed by atoms with Gasteiger partial charge in [-0.25, -0.2) is 0 Å². The van der Waals surface area contributed by atoms with Crippen LogP contribution in [0.3, 0.4) is 0 Å². The Kier molecular flexibility index (Phi) is 6.47. The third kappa shape index (κ3) is 4.83. The Balaban J connectivity index is 1.74. The fourth-order valence-electron chi connectivity index (χ4n) is 2.91. The average molecular weight is 432 g/mol. The van der Waals surface area contributed by atoms with Gasteiger partial charge in [-0.3, -0.25) is 14.4 Å². The van der Waals surface area contributed by atoms with Gasteiger partial charge in [-0.2, -0.15) is 0 Å². The van der Waals surface area contributed by atoms with E-state index in [0.29, 0.717) is 28.4 Å². The minimum absolute atomic E-state index is 0.117. The first-order valence-corrected chi connectivity index (χ1v) is 9.68. The molecule has 1 heterocycles. The summed E-state index contributed by atoms with van der Waals surface area (Å²) >= 11 is 6.25. The van der Waals surface area contributed by atoms with Crippen molar-refractivity contribution in [3.63, 3.8) is 0 Å². The largest absolute Gasteiger partial charge is 0.497 e. The Hall–Kier alpha value is -3.26. The van der Waals surface area contributed by atoms with Crippen molar-refractivity contribution in [2.45, 2.75) is 19.9 Å². The smallest absolute Gasteiger partial charge is 0.262 e. The molecular formula is C21H22ClN3O5. The van der Waals surface area contributed by atoms with Crippen LogP contribution in [0.15, 0.2) is 36.4 Å². The summed E-state index contributed by atoms with van der Waals surface area (Å²) in [4.78, 5) is 36.9. The van der Waals surface area contributed by atoms with E-state index in [4.69, 9.17) is 21.1 Å². The van der Waals surface area contributed by atoms with E-state index in [9.17, 15) is 14.4 Å². The lowest BCUT2D eigenvalue weighted by atomic mass is 10.0. The summed E-state index contributed by atoms with van der Waals surface area (Å²) in [5.74, 6) is -0.235. The van der Waals surface area contributed by atoms with Crippen LogP contribution in [0.2, 0.25) is 5.02 Å². The van der Waals surface area contributed by atoms with Crippen molar-refractivity contribution in [1.82, 2.24) is 5.32 Å². The van der Waals surface area contributed by atoms with Gasteiger partial charge < -0.3 is 25.4 Å². The third-order valence-corrected chi connectivity index (χ3v) is 4.86. The Morgan fingerprint density at radius 3 is 2.53 bits per heavy atom. The van der Waals surface area contributed by atoms with E-state index in [-0.39, 0.29) is 29.4 Å². The molecule has 2 aromatic rings. The third-order valence-electron chi connectivity index (χ3n) is 4.55. The molecule has 158 valence electrons. The highest BCUT2D eigenvalue weighted by molar-refractivity contribution is 6.34. The van der Waals surface area contributed by atoms with Crippen LogP contribution in [-0.2, 0) is 9.59 Å². The number of nitrogens with one attached hydrogen (secondary N) is 3. The number of methoxy groups -OCH3 is 1. The highest BCUT2D eigenvalue weighted by atomic mass is 35.5. The summed E-state index contributed by atoms with van der Waals surface area (Å²) in [5.41, 5.74) is 1.16. The lowest BCUT2D eigenvalue weighted by Gasteiger charge is -2.23. The van der Waals surface area contributed by atoms with Crippen molar-refractivity contribution in [1.29, 1.82) is 0 Å². The van der Waals surface area contributed by atoms with E-state index in [1.54, 1.807) is 31.4 Å². The number of halogens is 1. The molecule has 1 aliphatic heterocycles. The summed E-state index contributed by atoms with van der Waals surface area (Å²) < 4.78 is 10.4. The van der Waals surface area contributed by atoms with E-state index < -0.39 is 11.9 Å². The van der Waals surface area contributed by atoms with Gasteiger partial charge >= 0.3 is 0 Å². The van der Waals surface area contributed by atoms with Crippen LogP contribution in [0, 0.1) is 5.92 Å². The molecule has 0 spiro atoms. The molecule has 9 heteroatoms. The first kappa shape index (κ1) is 21.4. The zero-order valence-electron chi connectivity index (χ0n) is 16.7. The van der Waals surface area contributed by atoms with Crippen molar-refractivity contribution in [2.75, 3.05) is 24.4 Å². The van der Waals surface area contributed by atoms with Gasteiger partial charge in [0.1, 0.15) is 17.5 Å². The standard InChI is InChI=1S/C21H22ClN3O5/c1-11(2)19(25-20(27)12-4-6-13(29-3)7-5-12)21(28)24-15-9-17-16(8-14(15)22)23-18(26)10-30-17/h4-9,11,19H,10H2,1-3H3,(H,23,26)(H,24,28)(H,25,27). The molecule has 0 saturated carbocycles. The quantitative estimate of drug-likeness (QED) is 0.651. The van der Waals surface area contributed by atoms with Crippen molar-refractivity contribution < 1.29 is 23.9 Å². The normalized spacial score (nSPS) is 13.6. The molecule has 1 aliphatic rings. The minimum atomic E-state index is -0.799. The van der Waals surface area contributed by atoms with E-state index >= 15 is 0 Å². The van der Waals surface area contributed by atoms with Gasteiger partial charge in [0.05, 0.1) is 23.5 Å². The Bertz CT molecular complexity index is 975. The van der Waals surface area contributed by atoms with Gasteiger partial charge in [0.25, 0.3) is 11.8 Å². The van der Waals surface area contributed by atoms with Crippen LogP contribution >= 0.6 is 11.6 Å². The van der Waals surface area contributed by atoms with Gasteiger partial charge in [-0.15, -0.1) is 0 Å². The number of amides is 3. The minimum Gasteiger partial charge on any atom is -0.497 e. The summed E-state index contributed by atoms with van der Waals surface area (Å²) in [5, 5.41) is 8.37. The molecule has 0 radical (unpaired) electrons. The Labute approximate surface area is 178 Å². The number of rotatable bonds is 6. The van der Waals surface area contributed by atoms with Crippen LogP contribution in [0.1, 0.15) is 24.2 Å². The van der Waals surface area contributed by atoms with E-state index in [2.05, 4.69) is 16.0 Å². The first-order valence-electron chi connectivity index (χ1n) is 9.30. The van der Waals surface area contributed by atoms with Crippen molar-refractivity contribution in [2.24, 2.45) is 5.92 Å². The second kappa shape index (κ2) is 9.04. The topological polar surface area (TPSA) is 106 Å². The first-order chi connectivity index (χ1) is 14.3. The predicted octanol–water partition coefficient (Wildman–Crippen LogP) is 3.07. The lowest BCUT2D eigenvalue weighted by molar-refractivity contribution is -0.119. The van der Waals surface area contributed by atoms with Crippen LogP contribution in [0.5, 0.6) is 11.5 Å². The van der Waals surface area contributed by atoms with Gasteiger partial charge in [0, 0.05) is 11.6 Å². The maximum atomic E-state index is 12.9. The Morgan fingerprint density at radius 2 is 1.90 bits per heavy atom. The van der Waals surface area contributed by atoms with Crippen molar-refractivity contribution in [3.8, 4) is 11.5 Å². The molecule has 3 amide bonds. The SMILES string of the molecule is COc1ccc(C(=O)NC(C(=O)Nc2cc3c(cc2Cl)NC(=O)CO3)C(C)C)cc1. The number of carbonyl (C=O) groups excluding carboxylic acids is 3. The molecule has 3 rings (SSSR count). The van der Waals surface area contributed by atoms with Gasteiger partial charge in [0.15, 0.2) is 6.61 Å². The highest BCUT2D eigenvalue weighted by Crippen LogP contribution is 2.36. The summed E-state index contributed by atoms with van der Waals surface area (Å²) in [6.45, 7) is 3.53. The number of hydrogen-bond donors (Lipinski definition) is 3. The summed E-state index contributed by atoms with van der Waals surface area (Å²) in [6.07, 6.45) is 0. The monoisotopic (exact) mass is 431 g/mol. The zero-order chi connectivity index (χ0) is 21.8. The molecule has 0 saturated heterocycles. The number of ether oxygens (including phenoxy) is 2. The highest BCUT2D eigenvalue weighted by Gasteiger charge is 2.26. The molecule has 3 N–H and O–H groups in total. The van der Waals surface area contributed by atoms with Crippen molar-refractivity contribution >= 4 is 40.7 Å². The lowest BCUT2D eigenvalue weighted by Crippen LogP contribution is -2.47. The molecule has 0 aromatic heterocycles. The molecule has 8 nitrogen and oxygen atoms in total. The maximum absolute atomic E-state index is 12.9. The molecule has 1 atom stereocenters. The zero-order valence-corrected chi connectivity index (χ0v) is 17.5. The number of carbonyl (C=O) groups is 3. The van der Waals surface area contributed by atoms with Gasteiger partial charge in [-0.05, 0) is 36.2 Å². The van der Waals surface area contributed by atoms with Crippen LogP contribution < -0.4 is 25.4 Å². The predicted molar refractivity (Wildman–Crippen MR) is 113 cm³/mol. The Morgan fingerprint density at radius 1 is 1.20 bits per heavy atom. The maximum Gasteiger partial charge on any atom is 0.262 e. The van der Waals surface area contributed by atoms with E-state index in [0.717, 1.165) is 0 Å². The van der Waals surface area contributed by atoms with Crippen LogP contribution in [0.25, 0.3) is 0 Å². The number of benzene rings is 2. The van der Waals surface area contributed by atoms with Gasteiger partial charge in [0.2, 0.25) is 5.91 Å². The molecule has 30 heavy (non-hydrogen) atoms. The number of fused-ring (bicyclic) bond motifs is 1. The fourth-order valence-corrected chi connectivity index (χ4v) is 3.12. The number of anilines is 2. The summed E-state index contributed by atoms with van der Waals surface area (Å²) in [6, 6.07) is 8.83. The number of hydrogen-bond acceptors (Lipinski definition) is 5. The molecular weight excluding hydrogens is 410 g/mol. The molecule has 0 aliphatic carbocycles. The average Bonchev–Trinajstić information content (AvgIpc) is 2.72. The second-order valence-electron chi connectivity index (χ2n) is 7.08. The second-order valence-corrected chi connectivity index (χ2v) is 7.49.